The van der Waals surface area contributed by atoms with Crippen LogP contribution < -0.4 is 10.1 Å². The van der Waals surface area contributed by atoms with Gasteiger partial charge in [0.25, 0.3) is 0 Å². The molecule has 1 aliphatic heterocycles. The number of rotatable bonds is 7. The van der Waals surface area contributed by atoms with Crippen LogP contribution in [-0.4, -0.2) is 48.8 Å². The van der Waals surface area contributed by atoms with Crippen molar-refractivity contribution in [2.45, 2.75) is 26.8 Å². The molecule has 1 N–H and O–H groups in total. The lowest BCUT2D eigenvalue weighted by Crippen LogP contribution is -2.42. The standard InChI is InChI=1S/C16H25N3O3/c1-3-19(11-13-7-9-21-12-13)16(20)18-10-14-6-5-8-17-15(14)22-4-2/h5-6,8,13H,3-4,7,9-12H2,1-2H3,(H,18,20)/t13-/m1/s1. The zero-order valence-corrected chi connectivity index (χ0v) is 13.4. The SMILES string of the molecule is CCOc1ncccc1CNC(=O)N(CC)C[C@H]1CCOC1. The fourth-order valence-electron chi connectivity index (χ4n) is 2.50. The molecular formula is C16H25N3O3. The first-order valence-corrected chi connectivity index (χ1v) is 7.91. The molecule has 1 aliphatic rings. The Balaban J connectivity index is 1.87. The third kappa shape index (κ3) is 4.59. The second kappa shape index (κ2) is 8.58. The fourth-order valence-corrected chi connectivity index (χ4v) is 2.50. The van der Waals surface area contributed by atoms with E-state index >= 15 is 0 Å². The summed E-state index contributed by atoms with van der Waals surface area (Å²) in [5, 5.41) is 2.95. The monoisotopic (exact) mass is 307 g/mol. The zero-order valence-electron chi connectivity index (χ0n) is 13.4. The third-order valence-electron chi connectivity index (χ3n) is 3.73. The van der Waals surface area contributed by atoms with E-state index in [0.29, 0.717) is 31.5 Å². The maximum Gasteiger partial charge on any atom is 0.317 e. The highest BCUT2D eigenvalue weighted by molar-refractivity contribution is 5.74. The van der Waals surface area contributed by atoms with Crippen LogP contribution in [-0.2, 0) is 11.3 Å². The van der Waals surface area contributed by atoms with Crippen molar-refractivity contribution in [3.05, 3.63) is 23.9 Å². The van der Waals surface area contributed by atoms with Gasteiger partial charge < -0.3 is 19.7 Å². The average Bonchev–Trinajstić information content (AvgIpc) is 3.05. The van der Waals surface area contributed by atoms with E-state index in [2.05, 4.69) is 10.3 Å². The quantitative estimate of drug-likeness (QED) is 0.837. The predicted molar refractivity (Wildman–Crippen MR) is 83.8 cm³/mol. The van der Waals surface area contributed by atoms with Gasteiger partial charge in [-0.05, 0) is 26.3 Å². The first-order valence-electron chi connectivity index (χ1n) is 7.91. The largest absolute Gasteiger partial charge is 0.478 e. The number of hydrogen-bond acceptors (Lipinski definition) is 4. The number of nitrogens with one attached hydrogen (secondary N) is 1. The van der Waals surface area contributed by atoms with Crippen LogP contribution in [0.2, 0.25) is 0 Å². The molecule has 0 saturated carbocycles. The Morgan fingerprint density at radius 2 is 2.41 bits per heavy atom. The van der Waals surface area contributed by atoms with Crippen LogP contribution in [0.3, 0.4) is 0 Å². The minimum atomic E-state index is -0.0549. The number of aromatic nitrogens is 1. The molecule has 1 saturated heterocycles. The van der Waals surface area contributed by atoms with Gasteiger partial charge in [0.1, 0.15) is 0 Å². The Morgan fingerprint density at radius 3 is 3.09 bits per heavy atom. The number of ether oxygens (including phenoxy) is 2. The molecule has 0 unspecified atom stereocenters. The first-order chi connectivity index (χ1) is 10.7. The normalized spacial score (nSPS) is 17.3. The van der Waals surface area contributed by atoms with Crippen LogP contribution in [0.25, 0.3) is 0 Å². The van der Waals surface area contributed by atoms with Gasteiger partial charge in [-0.25, -0.2) is 9.78 Å². The average molecular weight is 307 g/mol. The van der Waals surface area contributed by atoms with Crippen molar-refractivity contribution in [3.8, 4) is 5.88 Å². The molecule has 1 fully saturated rings. The summed E-state index contributed by atoms with van der Waals surface area (Å²) in [6, 6.07) is 3.71. The van der Waals surface area contributed by atoms with Crippen LogP contribution >= 0.6 is 0 Å². The van der Waals surface area contributed by atoms with Gasteiger partial charge in [0.2, 0.25) is 5.88 Å². The number of amides is 2. The van der Waals surface area contributed by atoms with Crippen molar-refractivity contribution in [1.29, 1.82) is 0 Å². The van der Waals surface area contributed by atoms with Gasteiger partial charge in [0, 0.05) is 43.9 Å². The van der Waals surface area contributed by atoms with E-state index in [4.69, 9.17) is 9.47 Å². The minimum Gasteiger partial charge on any atom is -0.478 e. The molecule has 0 spiro atoms. The van der Waals surface area contributed by atoms with Gasteiger partial charge in [-0.3, -0.25) is 0 Å². The summed E-state index contributed by atoms with van der Waals surface area (Å²) in [4.78, 5) is 18.3. The lowest BCUT2D eigenvalue weighted by atomic mass is 10.1. The van der Waals surface area contributed by atoms with Gasteiger partial charge in [-0.15, -0.1) is 0 Å². The molecule has 6 heteroatoms. The van der Waals surface area contributed by atoms with Crippen LogP contribution in [0.1, 0.15) is 25.8 Å². The molecule has 0 radical (unpaired) electrons. The summed E-state index contributed by atoms with van der Waals surface area (Å²) in [7, 11) is 0. The molecule has 2 rings (SSSR count). The van der Waals surface area contributed by atoms with Gasteiger partial charge in [0.15, 0.2) is 0 Å². The summed E-state index contributed by atoms with van der Waals surface area (Å²) in [5.74, 6) is 1.03. The Bertz CT molecular complexity index is 475. The van der Waals surface area contributed by atoms with Crippen LogP contribution in [0.5, 0.6) is 5.88 Å². The fraction of sp³-hybridized carbons (Fsp3) is 0.625. The number of pyridine rings is 1. The zero-order chi connectivity index (χ0) is 15.8. The summed E-state index contributed by atoms with van der Waals surface area (Å²) in [5.41, 5.74) is 0.887. The molecule has 2 heterocycles. The lowest BCUT2D eigenvalue weighted by molar-refractivity contribution is 0.166. The van der Waals surface area contributed by atoms with Crippen molar-refractivity contribution >= 4 is 6.03 Å². The van der Waals surface area contributed by atoms with Crippen molar-refractivity contribution < 1.29 is 14.3 Å². The number of hydrogen-bond donors (Lipinski definition) is 1. The van der Waals surface area contributed by atoms with Gasteiger partial charge in [-0.2, -0.15) is 0 Å². The molecule has 1 aromatic heterocycles. The number of carbonyl (C=O) groups is 1. The second-order valence-corrected chi connectivity index (χ2v) is 5.33. The van der Waals surface area contributed by atoms with E-state index in [1.165, 1.54) is 0 Å². The molecule has 0 aliphatic carbocycles. The van der Waals surface area contributed by atoms with Crippen molar-refractivity contribution in [1.82, 2.24) is 15.2 Å². The highest BCUT2D eigenvalue weighted by atomic mass is 16.5. The number of nitrogens with zero attached hydrogens (tertiary/aromatic N) is 2. The predicted octanol–water partition coefficient (Wildman–Crippen LogP) is 2.05. The summed E-state index contributed by atoms with van der Waals surface area (Å²) >= 11 is 0. The summed E-state index contributed by atoms with van der Waals surface area (Å²) < 4.78 is 10.8. The van der Waals surface area contributed by atoms with Crippen molar-refractivity contribution in [3.63, 3.8) is 0 Å². The van der Waals surface area contributed by atoms with Crippen LogP contribution in [0.15, 0.2) is 18.3 Å². The van der Waals surface area contributed by atoms with E-state index in [-0.39, 0.29) is 6.03 Å². The van der Waals surface area contributed by atoms with E-state index in [1.807, 2.05) is 30.9 Å². The highest BCUT2D eigenvalue weighted by Crippen LogP contribution is 2.15. The van der Waals surface area contributed by atoms with Crippen molar-refractivity contribution in [2.75, 3.05) is 32.9 Å². The van der Waals surface area contributed by atoms with Crippen molar-refractivity contribution in [2.24, 2.45) is 5.92 Å². The Kier molecular flexibility index (Phi) is 6.45. The molecule has 122 valence electrons. The topological polar surface area (TPSA) is 63.7 Å². The van der Waals surface area contributed by atoms with Gasteiger partial charge >= 0.3 is 6.03 Å². The number of carbonyl (C=O) groups excluding carboxylic acids is 1. The summed E-state index contributed by atoms with van der Waals surface area (Å²) in [6.45, 7) is 7.87. The second-order valence-electron chi connectivity index (χ2n) is 5.33. The molecule has 0 bridgehead atoms. The van der Waals surface area contributed by atoms with E-state index in [9.17, 15) is 4.79 Å². The van der Waals surface area contributed by atoms with Gasteiger partial charge in [-0.1, -0.05) is 6.07 Å². The third-order valence-corrected chi connectivity index (χ3v) is 3.73. The Labute approximate surface area is 131 Å². The highest BCUT2D eigenvalue weighted by Gasteiger charge is 2.21. The minimum absolute atomic E-state index is 0.0549. The lowest BCUT2D eigenvalue weighted by Gasteiger charge is -2.24. The molecule has 22 heavy (non-hydrogen) atoms. The molecule has 0 aromatic carbocycles. The molecule has 2 amide bonds. The summed E-state index contributed by atoms with van der Waals surface area (Å²) in [6.07, 6.45) is 2.72. The smallest absolute Gasteiger partial charge is 0.317 e. The van der Waals surface area contributed by atoms with E-state index in [0.717, 1.165) is 31.7 Å². The maximum absolute atomic E-state index is 12.3. The maximum atomic E-state index is 12.3. The first kappa shape index (κ1) is 16.5. The Morgan fingerprint density at radius 1 is 1.55 bits per heavy atom. The molecule has 6 nitrogen and oxygen atoms in total. The van der Waals surface area contributed by atoms with E-state index < -0.39 is 0 Å². The van der Waals surface area contributed by atoms with Gasteiger partial charge in [0.05, 0.1) is 13.2 Å². The van der Waals surface area contributed by atoms with Crippen LogP contribution in [0, 0.1) is 5.92 Å². The Hall–Kier alpha value is -1.82. The molecule has 1 aromatic rings. The molecular weight excluding hydrogens is 282 g/mol. The van der Waals surface area contributed by atoms with Crippen LogP contribution in [0.4, 0.5) is 4.79 Å². The molecule has 1 atom stereocenters. The number of urea groups is 1. The van der Waals surface area contributed by atoms with E-state index in [1.54, 1.807) is 6.20 Å².